The lowest BCUT2D eigenvalue weighted by atomic mass is 10.0. The molecule has 1 aromatic carbocycles. The SMILES string of the molecule is Cc1cc(N2C(=O)c3oc4ccc(Cl)cc4c(=O)c3[C@@H]2c2ccccn2)no1. The predicted molar refractivity (Wildman–Crippen MR) is 102 cm³/mol. The summed E-state index contributed by atoms with van der Waals surface area (Å²) in [6.45, 7) is 1.72. The van der Waals surface area contributed by atoms with E-state index in [2.05, 4.69) is 10.1 Å². The van der Waals surface area contributed by atoms with Crippen LogP contribution in [0.2, 0.25) is 5.02 Å². The average molecular weight is 394 g/mol. The van der Waals surface area contributed by atoms with Crippen LogP contribution in [0.1, 0.15) is 33.6 Å². The molecule has 7 nitrogen and oxygen atoms in total. The first kappa shape index (κ1) is 16.7. The van der Waals surface area contributed by atoms with Gasteiger partial charge in [0.2, 0.25) is 5.76 Å². The van der Waals surface area contributed by atoms with Gasteiger partial charge < -0.3 is 8.94 Å². The fourth-order valence-electron chi connectivity index (χ4n) is 3.47. The Kier molecular flexibility index (Phi) is 3.60. The number of aryl methyl sites for hydroxylation is 1. The van der Waals surface area contributed by atoms with Crippen molar-refractivity contribution in [2.75, 3.05) is 4.90 Å². The van der Waals surface area contributed by atoms with Gasteiger partial charge in [-0.2, -0.15) is 0 Å². The number of aromatic nitrogens is 2. The number of anilines is 1. The van der Waals surface area contributed by atoms with Crippen LogP contribution in [0, 0.1) is 6.92 Å². The molecule has 0 unspecified atom stereocenters. The zero-order valence-corrected chi connectivity index (χ0v) is 15.3. The van der Waals surface area contributed by atoms with Crippen molar-refractivity contribution >= 4 is 34.3 Å². The van der Waals surface area contributed by atoms with E-state index < -0.39 is 11.9 Å². The highest BCUT2D eigenvalue weighted by Crippen LogP contribution is 2.40. The van der Waals surface area contributed by atoms with E-state index >= 15 is 0 Å². The Morgan fingerprint density at radius 3 is 2.71 bits per heavy atom. The number of carbonyl (C=O) groups excluding carboxylic acids is 1. The van der Waals surface area contributed by atoms with Gasteiger partial charge in [-0.3, -0.25) is 19.5 Å². The second-order valence-corrected chi connectivity index (χ2v) is 6.88. The largest absolute Gasteiger partial charge is 0.450 e. The van der Waals surface area contributed by atoms with E-state index in [4.69, 9.17) is 20.5 Å². The normalized spacial score (nSPS) is 16.0. The topological polar surface area (TPSA) is 89.4 Å². The molecule has 28 heavy (non-hydrogen) atoms. The number of carbonyl (C=O) groups is 1. The van der Waals surface area contributed by atoms with E-state index in [-0.39, 0.29) is 22.6 Å². The molecule has 1 atom stereocenters. The van der Waals surface area contributed by atoms with Crippen molar-refractivity contribution in [2.45, 2.75) is 13.0 Å². The van der Waals surface area contributed by atoms with Crippen molar-refractivity contribution in [1.82, 2.24) is 10.1 Å². The number of hydrogen-bond donors (Lipinski definition) is 0. The molecule has 0 N–H and O–H groups in total. The van der Waals surface area contributed by atoms with Gasteiger partial charge in [-0.1, -0.05) is 22.8 Å². The zero-order chi connectivity index (χ0) is 19.4. The van der Waals surface area contributed by atoms with E-state index in [1.807, 2.05) is 0 Å². The summed E-state index contributed by atoms with van der Waals surface area (Å²) in [5, 5.41) is 4.67. The molecule has 0 radical (unpaired) electrons. The minimum atomic E-state index is -0.784. The standard InChI is InChI=1S/C20H12ClN3O4/c1-10-8-15(23-28-10)24-17(13-4-2-3-7-22-13)16-18(25)12-9-11(21)5-6-14(12)27-19(16)20(24)26/h2-9,17H,1H3/t17-/m0/s1. The maximum absolute atomic E-state index is 13.3. The molecule has 0 saturated heterocycles. The highest BCUT2D eigenvalue weighted by Gasteiger charge is 2.45. The van der Waals surface area contributed by atoms with E-state index in [0.29, 0.717) is 27.4 Å². The van der Waals surface area contributed by atoms with Gasteiger partial charge in [-0.05, 0) is 37.3 Å². The molecule has 0 aliphatic carbocycles. The number of rotatable bonds is 2. The van der Waals surface area contributed by atoms with Crippen molar-refractivity contribution in [3.63, 3.8) is 0 Å². The fraction of sp³-hybridized carbons (Fsp3) is 0.100. The number of pyridine rings is 1. The molecule has 0 fully saturated rings. The third-order valence-electron chi connectivity index (χ3n) is 4.66. The number of benzene rings is 1. The number of halogens is 1. The summed E-state index contributed by atoms with van der Waals surface area (Å²) >= 11 is 6.06. The van der Waals surface area contributed by atoms with Crippen LogP contribution in [-0.2, 0) is 0 Å². The fourth-order valence-corrected chi connectivity index (χ4v) is 3.64. The van der Waals surface area contributed by atoms with Crippen LogP contribution in [0.25, 0.3) is 11.0 Å². The Bertz CT molecular complexity index is 1300. The molecule has 0 spiro atoms. The summed E-state index contributed by atoms with van der Waals surface area (Å²) in [6.07, 6.45) is 1.60. The number of hydrogen-bond acceptors (Lipinski definition) is 6. The van der Waals surface area contributed by atoms with Crippen LogP contribution in [0.3, 0.4) is 0 Å². The van der Waals surface area contributed by atoms with Gasteiger partial charge in [0.15, 0.2) is 11.2 Å². The van der Waals surface area contributed by atoms with E-state index in [1.54, 1.807) is 49.5 Å². The van der Waals surface area contributed by atoms with Gasteiger partial charge in [0.1, 0.15) is 17.4 Å². The molecular weight excluding hydrogens is 382 g/mol. The molecule has 4 heterocycles. The molecule has 1 amide bonds. The molecule has 0 bridgehead atoms. The second kappa shape index (κ2) is 6.03. The van der Waals surface area contributed by atoms with Gasteiger partial charge in [0.05, 0.1) is 16.6 Å². The summed E-state index contributed by atoms with van der Waals surface area (Å²) in [7, 11) is 0. The zero-order valence-electron chi connectivity index (χ0n) is 14.5. The van der Waals surface area contributed by atoms with Gasteiger partial charge in [-0.15, -0.1) is 0 Å². The Morgan fingerprint density at radius 1 is 1.14 bits per heavy atom. The highest BCUT2D eigenvalue weighted by molar-refractivity contribution is 6.31. The number of nitrogens with zero attached hydrogens (tertiary/aromatic N) is 3. The third-order valence-corrected chi connectivity index (χ3v) is 4.90. The lowest BCUT2D eigenvalue weighted by Gasteiger charge is -2.21. The first-order chi connectivity index (χ1) is 13.5. The van der Waals surface area contributed by atoms with Gasteiger partial charge in [0, 0.05) is 17.3 Å². The van der Waals surface area contributed by atoms with Crippen LogP contribution in [0.4, 0.5) is 5.82 Å². The van der Waals surface area contributed by atoms with Gasteiger partial charge in [-0.25, -0.2) is 0 Å². The van der Waals surface area contributed by atoms with E-state index in [1.165, 1.54) is 11.0 Å². The van der Waals surface area contributed by atoms with Crippen LogP contribution < -0.4 is 10.3 Å². The molecule has 4 aromatic rings. The molecule has 1 aliphatic rings. The minimum Gasteiger partial charge on any atom is -0.450 e. The Hall–Kier alpha value is -3.45. The second-order valence-electron chi connectivity index (χ2n) is 6.44. The number of amides is 1. The Morgan fingerprint density at radius 2 is 2.00 bits per heavy atom. The van der Waals surface area contributed by atoms with Crippen molar-refractivity contribution in [2.24, 2.45) is 0 Å². The van der Waals surface area contributed by atoms with Crippen LogP contribution in [0.5, 0.6) is 0 Å². The first-order valence-corrected chi connectivity index (χ1v) is 8.86. The van der Waals surface area contributed by atoms with Crippen LogP contribution in [0.15, 0.2) is 62.4 Å². The maximum atomic E-state index is 13.3. The van der Waals surface area contributed by atoms with Crippen molar-refractivity contribution in [3.05, 3.63) is 86.7 Å². The minimum absolute atomic E-state index is 0.0314. The molecule has 3 aromatic heterocycles. The van der Waals surface area contributed by atoms with E-state index in [0.717, 1.165) is 0 Å². The monoisotopic (exact) mass is 393 g/mol. The molecule has 8 heteroatoms. The summed E-state index contributed by atoms with van der Waals surface area (Å²) in [5.41, 5.74) is 0.688. The summed E-state index contributed by atoms with van der Waals surface area (Å²) < 4.78 is 11.0. The van der Waals surface area contributed by atoms with Crippen LogP contribution in [-0.4, -0.2) is 16.0 Å². The average Bonchev–Trinajstić information content (AvgIpc) is 3.24. The van der Waals surface area contributed by atoms with Gasteiger partial charge in [0.25, 0.3) is 5.91 Å². The molecule has 1 aliphatic heterocycles. The summed E-state index contributed by atoms with van der Waals surface area (Å²) in [4.78, 5) is 32.3. The van der Waals surface area contributed by atoms with Crippen molar-refractivity contribution < 1.29 is 13.7 Å². The smallest absolute Gasteiger partial charge is 0.296 e. The quantitative estimate of drug-likeness (QED) is 0.513. The van der Waals surface area contributed by atoms with Crippen molar-refractivity contribution in [1.29, 1.82) is 0 Å². The van der Waals surface area contributed by atoms with Crippen LogP contribution >= 0.6 is 11.6 Å². The molecule has 5 rings (SSSR count). The lowest BCUT2D eigenvalue weighted by molar-refractivity contribution is 0.0969. The first-order valence-electron chi connectivity index (χ1n) is 8.48. The van der Waals surface area contributed by atoms with Gasteiger partial charge >= 0.3 is 0 Å². The highest BCUT2D eigenvalue weighted by atomic mass is 35.5. The number of fused-ring (bicyclic) bond motifs is 2. The summed E-state index contributed by atoms with van der Waals surface area (Å²) in [5.74, 6) is 0.310. The third kappa shape index (κ3) is 2.36. The summed E-state index contributed by atoms with van der Waals surface area (Å²) in [6, 6.07) is 10.8. The Labute approximate surface area is 163 Å². The maximum Gasteiger partial charge on any atom is 0.296 e. The predicted octanol–water partition coefficient (Wildman–Crippen LogP) is 3.89. The Balaban J connectivity index is 1.84. The molecule has 138 valence electrons. The molecule has 0 saturated carbocycles. The lowest BCUT2D eigenvalue weighted by Crippen LogP contribution is -2.30. The van der Waals surface area contributed by atoms with Crippen molar-refractivity contribution in [3.8, 4) is 0 Å². The molecular formula is C20H12ClN3O4. The van der Waals surface area contributed by atoms with E-state index in [9.17, 15) is 9.59 Å².